The molecule has 0 N–H and O–H groups in total. The zero-order valence-electron chi connectivity index (χ0n) is 5.55. The predicted octanol–water partition coefficient (Wildman–Crippen LogP) is 2.53. The summed E-state index contributed by atoms with van der Waals surface area (Å²) in [5.41, 5.74) is -0.905. The Morgan fingerprint density at radius 1 is 1.42 bits per heavy atom. The second kappa shape index (κ2) is 3.02. The highest BCUT2D eigenvalue weighted by atomic mass is 35.5. The smallest absolute Gasteiger partial charge is 0.258 e. The molecule has 6 heteroatoms. The van der Waals surface area contributed by atoms with E-state index in [4.69, 9.17) is 11.6 Å². The fourth-order valence-electron chi connectivity index (χ4n) is 0.709. The summed E-state index contributed by atoms with van der Waals surface area (Å²) in [6.45, 7) is 0. The molecule has 1 aromatic rings. The highest BCUT2D eigenvalue weighted by Crippen LogP contribution is 2.27. The first-order valence-electron chi connectivity index (χ1n) is 2.81. The van der Waals surface area contributed by atoms with Crippen molar-refractivity contribution in [2.75, 3.05) is 0 Å². The molecule has 0 unspecified atom stereocenters. The van der Waals surface area contributed by atoms with Crippen LogP contribution in [0.25, 0.3) is 0 Å². The van der Waals surface area contributed by atoms with Crippen LogP contribution in [0.15, 0.2) is 12.1 Å². The van der Waals surface area contributed by atoms with E-state index in [1.807, 2.05) is 0 Å². The van der Waals surface area contributed by atoms with Crippen LogP contribution in [-0.2, 0) is 0 Å². The Bertz CT molecular complexity index is 319. The van der Waals surface area contributed by atoms with Crippen molar-refractivity contribution < 1.29 is 13.7 Å². The minimum Gasteiger partial charge on any atom is -0.258 e. The summed E-state index contributed by atoms with van der Waals surface area (Å²) in [6.07, 6.45) is 0. The van der Waals surface area contributed by atoms with E-state index >= 15 is 0 Å². The average Bonchev–Trinajstić information content (AvgIpc) is 1.82. The van der Waals surface area contributed by atoms with E-state index < -0.39 is 27.3 Å². The molecule has 0 aliphatic heterocycles. The minimum absolute atomic E-state index is 0.407. The van der Waals surface area contributed by atoms with Crippen LogP contribution >= 0.6 is 11.6 Å². The molecule has 0 heterocycles. The van der Waals surface area contributed by atoms with Crippen molar-refractivity contribution in [2.24, 2.45) is 0 Å². The molecule has 0 aliphatic carbocycles. The fraction of sp³-hybridized carbons (Fsp3) is 0. The Balaban J connectivity index is 3.38. The summed E-state index contributed by atoms with van der Waals surface area (Å²) in [6, 6.07) is 1.09. The molecule has 0 radical (unpaired) electrons. The molecule has 0 aromatic heterocycles. The normalized spacial score (nSPS) is 9.92. The summed E-state index contributed by atoms with van der Waals surface area (Å²) in [5.74, 6) is -2.21. The lowest BCUT2D eigenvalue weighted by Gasteiger charge is -1.95. The number of hydrogen-bond acceptors (Lipinski definition) is 2. The van der Waals surface area contributed by atoms with E-state index in [0.29, 0.717) is 12.1 Å². The number of rotatable bonds is 1. The van der Waals surface area contributed by atoms with Crippen LogP contribution in [0.1, 0.15) is 0 Å². The maximum absolute atomic E-state index is 12.6. The molecule has 3 nitrogen and oxygen atoms in total. The van der Waals surface area contributed by atoms with Crippen molar-refractivity contribution in [3.8, 4) is 0 Å². The molecule has 1 aromatic carbocycles. The Morgan fingerprint density at radius 2 is 2.00 bits per heavy atom. The van der Waals surface area contributed by atoms with E-state index in [2.05, 4.69) is 0 Å². The second-order valence-corrected chi connectivity index (χ2v) is 2.38. The maximum Gasteiger partial charge on any atom is 0.323 e. The number of nitrogens with zero attached hydrogens (tertiary/aromatic N) is 1. The first-order valence-corrected chi connectivity index (χ1v) is 3.19. The SMILES string of the molecule is O=[N+]([O-])c1c(F)cc(F)cc1Cl. The Labute approximate surface area is 70.7 Å². The van der Waals surface area contributed by atoms with Crippen LogP contribution < -0.4 is 0 Å². The van der Waals surface area contributed by atoms with E-state index in [-0.39, 0.29) is 0 Å². The zero-order valence-corrected chi connectivity index (χ0v) is 6.31. The largest absolute Gasteiger partial charge is 0.323 e. The third-order valence-corrected chi connectivity index (χ3v) is 1.45. The minimum atomic E-state index is -1.27. The standard InChI is InChI=1S/C6H2ClF2NO2/c7-4-1-3(8)2-5(9)6(4)10(11)12/h1-2H. The maximum atomic E-state index is 12.6. The van der Waals surface area contributed by atoms with Gasteiger partial charge in [0.1, 0.15) is 10.8 Å². The number of nitro groups is 1. The zero-order chi connectivity index (χ0) is 9.30. The van der Waals surface area contributed by atoms with Gasteiger partial charge in [-0.2, -0.15) is 4.39 Å². The molecular formula is C6H2ClF2NO2. The van der Waals surface area contributed by atoms with Gasteiger partial charge in [0.15, 0.2) is 0 Å². The van der Waals surface area contributed by atoms with Crippen molar-refractivity contribution >= 4 is 17.3 Å². The molecule has 0 bridgehead atoms. The number of halogens is 3. The van der Waals surface area contributed by atoms with Crippen LogP contribution in [0.2, 0.25) is 5.02 Å². The number of benzene rings is 1. The lowest BCUT2D eigenvalue weighted by Crippen LogP contribution is -1.94. The van der Waals surface area contributed by atoms with Gasteiger partial charge in [0, 0.05) is 6.07 Å². The van der Waals surface area contributed by atoms with Gasteiger partial charge in [-0.1, -0.05) is 11.6 Å². The lowest BCUT2D eigenvalue weighted by atomic mass is 10.3. The molecule has 0 aliphatic rings. The predicted molar refractivity (Wildman–Crippen MR) is 38.0 cm³/mol. The quantitative estimate of drug-likeness (QED) is 0.508. The molecule has 0 saturated carbocycles. The summed E-state index contributed by atoms with van der Waals surface area (Å²) < 4.78 is 24.9. The van der Waals surface area contributed by atoms with E-state index in [1.165, 1.54) is 0 Å². The molecule has 1 rings (SSSR count). The van der Waals surface area contributed by atoms with Crippen LogP contribution in [0.3, 0.4) is 0 Å². The van der Waals surface area contributed by atoms with Gasteiger partial charge in [0.25, 0.3) is 0 Å². The molecule has 0 atom stereocenters. The molecule has 0 fully saturated rings. The second-order valence-electron chi connectivity index (χ2n) is 1.98. The van der Waals surface area contributed by atoms with Crippen molar-refractivity contribution in [3.05, 3.63) is 38.9 Å². The summed E-state index contributed by atoms with van der Waals surface area (Å²) in [7, 11) is 0. The van der Waals surface area contributed by atoms with Crippen molar-refractivity contribution in [1.82, 2.24) is 0 Å². The highest BCUT2D eigenvalue weighted by Gasteiger charge is 2.20. The summed E-state index contributed by atoms with van der Waals surface area (Å²) >= 11 is 5.21. The topological polar surface area (TPSA) is 43.1 Å². The van der Waals surface area contributed by atoms with Crippen molar-refractivity contribution in [1.29, 1.82) is 0 Å². The molecule has 0 saturated heterocycles. The molecular weight excluding hydrogens is 192 g/mol. The Hall–Kier alpha value is -1.23. The van der Waals surface area contributed by atoms with E-state index in [1.54, 1.807) is 0 Å². The molecule has 0 amide bonds. The summed E-state index contributed by atoms with van der Waals surface area (Å²) in [4.78, 5) is 9.11. The number of hydrogen-bond donors (Lipinski definition) is 0. The van der Waals surface area contributed by atoms with Gasteiger partial charge >= 0.3 is 5.69 Å². The fourth-order valence-corrected chi connectivity index (χ4v) is 0.973. The highest BCUT2D eigenvalue weighted by molar-refractivity contribution is 6.32. The van der Waals surface area contributed by atoms with Crippen LogP contribution in [0.4, 0.5) is 14.5 Å². The molecule has 64 valence electrons. The van der Waals surface area contributed by atoms with Crippen LogP contribution in [-0.4, -0.2) is 4.92 Å². The van der Waals surface area contributed by atoms with Gasteiger partial charge in [0.2, 0.25) is 5.82 Å². The van der Waals surface area contributed by atoms with Gasteiger partial charge < -0.3 is 0 Å². The van der Waals surface area contributed by atoms with Gasteiger partial charge in [-0.25, -0.2) is 4.39 Å². The number of nitro benzene ring substituents is 1. The van der Waals surface area contributed by atoms with Gasteiger partial charge in [-0.05, 0) is 6.07 Å². The van der Waals surface area contributed by atoms with Crippen LogP contribution in [0, 0.1) is 21.7 Å². The van der Waals surface area contributed by atoms with Gasteiger partial charge in [-0.15, -0.1) is 0 Å². The van der Waals surface area contributed by atoms with E-state index in [0.717, 1.165) is 0 Å². The Kier molecular flexibility index (Phi) is 2.23. The third-order valence-electron chi connectivity index (χ3n) is 1.16. The summed E-state index contributed by atoms with van der Waals surface area (Å²) in [5, 5.41) is 9.57. The van der Waals surface area contributed by atoms with Crippen molar-refractivity contribution in [3.63, 3.8) is 0 Å². The lowest BCUT2D eigenvalue weighted by molar-refractivity contribution is -0.387. The van der Waals surface area contributed by atoms with Gasteiger partial charge in [0.05, 0.1) is 4.92 Å². The Morgan fingerprint density at radius 3 is 2.42 bits per heavy atom. The average molecular weight is 194 g/mol. The monoisotopic (exact) mass is 193 g/mol. The first-order chi connectivity index (χ1) is 5.52. The van der Waals surface area contributed by atoms with Crippen molar-refractivity contribution in [2.45, 2.75) is 0 Å². The van der Waals surface area contributed by atoms with Crippen LogP contribution in [0.5, 0.6) is 0 Å². The molecule has 12 heavy (non-hydrogen) atoms. The van der Waals surface area contributed by atoms with E-state index in [9.17, 15) is 18.9 Å². The molecule has 0 spiro atoms. The third kappa shape index (κ3) is 1.50. The van der Waals surface area contributed by atoms with Gasteiger partial charge in [-0.3, -0.25) is 10.1 Å². The first kappa shape index (κ1) is 8.86.